The molecule has 0 N–H and O–H groups in total. The molecule has 0 saturated carbocycles. The van der Waals surface area contributed by atoms with Gasteiger partial charge in [-0.25, -0.2) is 8.42 Å². The second-order valence-corrected chi connectivity index (χ2v) is 9.66. The zero-order valence-electron chi connectivity index (χ0n) is 17.1. The number of sulfone groups is 1. The van der Waals surface area contributed by atoms with Gasteiger partial charge in [0.15, 0.2) is 14.6 Å². The van der Waals surface area contributed by atoms with E-state index in [-0.39, 0.29) is 16.2 Å². The molecule has 0 atom stereocenters. The minimum atomic E-state index is -3.55. The fraction of sp³-hybridized carbons (Fsp3) is 0.333. The Morgan fingerprint density at radius 3 is 2.63 bits per heavy atom. The third-order valence-electron chi connectivity index (χ3n) is 4.51. The van der Waals surface area contributed by atoms with Gasteiger partial charge >= 0.3 is 0 Å². The first-order valence-electron chi connectivity index (χ1n) is 9.57. The molecule has 3 aromatic rings. The van der Waals surface area contributed by atoms with Crippen molar-refractivity contribution in [2.45, 2.75) is 25.3 Å². The summed E-state index contributed by atoms with van der Waals surface area (Å²) in [5.41, 5.74) is 0.978. The lowest BCUT2D eigenvalue weighted by Gasteiger charge is -2.07. The van der Waals surface area contributed by atoms with Gasteiger partial charge in [-0.2, -0.15) is 4.99 Å². The molecule has 3 rings (SSSR count). The van der Waals surface area contributed by atoms with E-state index in [0.29, 0.717) is 24.6 Å². The Morgan fingerprint density at radius 1 is 1.17 bits per heavy atom. The molecule has 0 aliphatic carbocycles. The molecule has 0 unspecified atom stereocenters. The topological polar surface area (TPSA) is 87.0 Å². The van der Waals surface area contributed by atoms with Gasteiger partial charge in [0, 0.05) is 13.7 Å². The number of thiazole rings is 1. The highest BCUT2D eigenvalue weighted by molar-refractivity contribution is 7.91. The average Bonchev–Trinajstić information content (AvgIpc) is 3.08. The molecule has 1 heterocycles. The molecule has 1 amide bonds. The summed E-state index contributed by atoms with van der Waals surface area (Å²) in [6.45, 7) is 4.97. The van der Waals surface area contributed by atoms with Crippen LogP contribution in [-0.4, -0.2) is 45.0 Å². The van der Waals surface area contributed by atoms with Crippen molar-refractivity contribution in [2.24, 2.45) is 4.99 Å². The van der Waals surface area contributed by atoms with Gasteiger partial charge in [-0.3, -0.25) is 4.79 Å². The van der Waals surface area contributed by atoms with Crippen LogP contribution in [0.15, 0.2) is 52.4 Å². The summed E-state index contributed by atoms with van der Waals surface area (Å²) < 4.78 is 38.4. The Bertz CT molecular complexity index is 1230. The minimum absolute atomic E-state index is 0.00411. The van der Waals surface area contributed by atoms with E-state index in [1.54, 1.807) is 26.2 Å². The highest BCUT2D eigenvalue weighted by Crippen LogP contribution is 2.24. The number of aromatic nitrogens is 1. The summed E-state index contributed by atoms with van der Waals surface area (Å²) >= 11 is 1.35. The Morgan fingerprint density at radius 2 is 1.93 bits per heavy atom. The van der Waals surface area contributed by atoms with Crippen LogP contribution >= 0.6 is 11.3 Å². The Balaban J connectivity index is 2.15. The van der Waals surface area contributed by atoms with E-state index >= 15 is 0 Å². The second kappa shape index (κ2) is 9.55. The molecule has 1 aromatic heterocycles. The molecule has 0 aliphatic rings. The minimum Gasteiger partial charge on any atom is -0.494 e. The molecular formula is C21H24N2O5S2. The van der Waals surface area contributed by atoms with Crippen LogP contribution in [-0.2, 0) is 21.1 Å². The lowest BCUT2D eigenvalue weighted by atomic mass is 10.2. The molecule has 9 heteroatoms. The predicted molar refractivity (Wildman–Crippen MR) is 117 cm³/mol. The largest absolute Gasteiger partial charge is 0.494 e. The van der Waals surface area contributed by atoms with Crippen LogP contribution in [0.2, 0.25) is 0 Å². The number of rotatable bonds is 8. The van der Waals surface area contributed by atoms with Crippen molar-refractivity contribution in [3.8, 4) is 5.75 Å². The van der Waals surface area contributed by atoms with Crippen LogP contribution in [0.25, 0.3) is 10.2 Å². The maximum atomic E-state index is 13.0. The molecule has 0 radical (unpaired) electrons. The monoisotopic (exact) mass is 448 g/mol. The van der Waals surface area contributed by atoms with Gasteiger partial charge in [0.1, 0.15) is 5.75 Å². The summed E-state index contributed by atoms with van der Waals surface area (Å²) in [7, 11) is -1.94. The van der Waals surface area contributed by atoms with Crippen molar-refractivity contribution in [1.82, 2.24) is 4.57 Å². The Hall–Kier alpha value is -2.49. The average molecular weight is 449 g/mol. The van der Waals surface area contributed by atoms with Gasteiger partial charge in [0.2, 0.25) is 0 Å². The van der Waals surface area contributed by atoms with E-state index in [1.807, 2.05) is 29.7 Å². The first-order chi connectivity index (χ1) is 14.4. The Labute approximate surface area is 179 Å². The van der Waals surface area contributed by atoms with Gasteiger partial charge in [-0.05, 0) is 37.3 Å². The zero-order valence-corrected chi connectivity index (χ0v) is 18.8. The van der Waals surface area contributed by atoms with Crippen molar-refractivity contribution < 1.29 is 22.7 Å². The standard InChI is InChI=1S/C21H24N2O5S2/c1-4-28-15-10-11-17-18(14-15)29-21(23(17)12-13-27-3)22-20(24)16-8-6-7-9-19(16)30(25,26)5-2/h6-11,14H,4-5,12-13H2,1-3H3. The van der Waals surface area contributed by atoms with Crippen molar-refractivity contribution in [2.75, 3.05) is 26.1 Å². The van der Waals surface area contributed by atoms with Crippen LogP contribution in [0.4, 0.5) is 0 Å². The van der Waals surface area contributed by atoms with E-state index in [1.165, 1.54) is 23.5 Å². The Kier molecular flexibility index (Phi) is 7.06. The summed E-state index contributed by atoms with van der Waals surface area (Å²) in [6.07, 6.45) is 0. The van der Waals surface area contributed by atoms with E-state index in [2.05, 4.69) is 4.99 Å². The van der Waals surface area contributed by atoms with E-state index in [0.717, 1.165) is 16.0 Å². The normalized spacial score (nSPS) is 12.4. The molecular weight excluding hydrogens is 424 g/mol. The van der Waals surface area contributed by atoms with Crippen LogP contribution in [0.3, 0.4) is 0 Å². The summed E-state index contributed by atoms with van der Waals surface area (Å²) in [5, 5.41) is 0. The maximum Gasteiger partial charge on any atom is 0.280 e. The molecule has 0 spiro atoms. The van der Waals surface area contributed by atoms with Crippen LogP contribution in [0.5, 0.6) is 5.75 Å². The second-order valence-electron chi connectivity index (χ2n) is 6.41. The molecule has 0 bridgehead atoms. The number of benzene rings is 2. The molecule has 0 fully saturated rings. The van der Waals surface area contributed by atoms with Crippen molar-refractivity contribution >= 4 is 37.3 Å². The van der Waals surface area contributed by atoms with E-state index in [9.17, 15) is 13.2 Å². The number of amides is 1. The van der Waals surface area contributed by atoms with Crippen molar-refractivity contribution in [3.05, 3.63) is 52.8 Å². The van der Waals surface area contributed by atoms with E-state index in [4.69, 9.17) is 9.47 Å². The van der Waals surface area contributed by atoms with Gasteiger partial charge < -0.3 is 14.0 Å². The van der Waals surface area contributed by atoms with Crippen molar-refractivity contribution in [3.63, 3.8) is 0 Å². The number of carbonyl (C=O) groups excluding carboxylic acids is 1. The quantitative estimate of drug-likeness (QED) is 0.528. The summed E-state index contributed by atoms with van der Waals surface area (Å²) in [4.78, 5) is 17.7. The van der Waals surface area contributed by atoms with Crippen LogP contribution in [0, 0.1) is 0 Å². The van der Waals surface area contributed by atoms with Crippen molar-refractivity contribution in [1.29, 1.82) is 0 Å². The number of ether oxygens (including phenoxy) is 2. The number of carbonyl (C=O) groups is 1. The van der Waals surface area contributed by atoms with Gasteiger partial charge in [-0.15, -0.1) is 0 Å². The molecule has 0 saturated heterocycles. The van der Waals surface area contributed by atoms with Gasteiger partial charge in [0.05, 0.1) is 39.6 Å². The van der Waals surface area contributed by atoms with Crippen LogP contribution in [0.1, 0.15) is 24.2 Å². The number of fused-ring (bicyclic) bond motifs is 1. The molecule has 7 nitrogen and oxygen atoms in total. The summed E-state index contributed by atoms with van der Waals surface area (Å²) in [5.74, 6) is 0.0570. The number of hydrogen-bond donors (Lipinski definition) is 0. The lowest BCUT2D eigenvalue weighted by Crippen LogP contribution is -2.20. The molecule has 160 valence electrons. The SMILES string of the molecule is CCOc1ccc2c(c1)sc(=NC(=O)c1ccccc1S(=O)(=O)CC)n2CCOC. The van der Waals surface area contributed by atoms with Crippen LogP contribution < -0.4 is 9.54 Å². The molecule has 30 heavy (non-hydrogen) atoms. The molecule has 2 aromatic carbocycles. The predicted octanol–water partition coefficient (Wildman–Crippen LogP) is 3.28. The molecule has 0 aliphatic heterocycles. The summed E-state index contributed by atoms with van der Waals surface area (Å²) in [6, 6.07) is 11.9. The maximum absolute atomic E-state index is 13.0. The number of nitrogens with zero attached hydrogens (tertiary/aromatic N) is 2. The van der Waals surface area contributed by atoms with E-state index < -0.39 is 15.7 Å². The van der Waals surface area contributed by atoms with Gasteiger partial charge in [-0.1, -0.05) is 30.4 Å². The first kappa shape index (κ1) is 22.2. The fourth-order valence-corrected chi connectivity index (χ4v) is 5.18. The number of methoxy groups -OCH3 is 1. The number of hydrogen-bond acceptors (Lipinski definition) is 6. The third-order valence-corrected chi connectivity index (χ3v) is 7.34. The lowest BCUT2D eigenvalue weighted by molar-refractivity contribution is 0.0994. The van der Waals surface area contributed by atoms with Gasteiger partial charge in [0.25, 0.3) is 5.91 Å². The fourth-order valence-electron chi connectivity index (χ4n) is 3.01. The smallest absolute Gasteiger partial charge is 0.280 e. The zero-order chi connectivity index (χ0) is 21.7. The highest BCUT2D eigenvalue weighted by atomic mass is 32.2. The highest BCUT2D eigenvalue weighted by Gasteiger charge is 2.20. The third kappa shape index (κ3) is 4.63. The first-order valence-corrected chi connectivity index (χ1v) is 12.0.